The summed E-state index contributed by atoms with van der Waals surface area (Å²) in [7, 11) is 0. The topological polar surface area (TPSA) is 48.1 Å². The maximum absolute atomic E-state index is 4.96. The molecule has 0 aliphatic carbocycles. The van der Waals surface area contributed by atoms with Crippen LogP contribution in [0.3, 0.4) is 0 Å². The highest BCUT2D eigenvalue weighted by Crippen LogP contribution is 2.19. The maximum atomic E-state index is 4.96. The monoisotopic (exact) mass is 194 g/mol. The molecule has 0 bridgehead atoms. The van der Waals surface area contributed by atoms with E-state index in [1.807, 2.05) is 6.20 Å². The molecule has 0 atom stereocenters. The average molecular weight is 194 g/mol. The molecule has 1 aromatic carbocycles. The van der Waals surface area contributed by atoms with E-state index >= 15 is 0 Å². The second-order valence-corrected chi connectivity index (χ2v) is 3.65. The van der Waals surface area contributed by atoms with Crippen LogP contribution in [0.4, 0.5) is 0 Å². The van der Waals surface area contributed by atoms with Crippen molar-refractivity contribution in [1.29, 1.82) is 0 Å². The predicted molar refractivity (Wildman–Crippen MR) is 53.5 cm³/mol. The van der Waals surface area contributed by atoms with Gasteiger partial charge in [0.25, 0.3) is 0 Å². The Bertz CT molecular complexity index is 399. The first-order valence-electron chi connectivity index (χ1n) is 4.05. The van der Waals surface area contributed by atoms with Gasteiger partial charge in [0.05, 0.1) is 11.3 Å². The Hall–Kier alpha value is -0.970. The Morgan fingerprint density at radius 2 is 2.38 bits per heavy atom. The molecule has 0 saturated heterocycles. The first-order valence-corrected chi connectivity index (χ1v) is 4.82. The molecule has 0 aliphatic heterocycles. The molecule has 1 aromatic heterocycles. The molecule has 0 spiro atoms. The van der Waals surface area contributed by atoms with Gasteiger partial charge in [0.15, 0.2) is 0 Å². The first kappa shape index (κ1) is 8.62. The number of hydrogen-bond donors (Lipinski definition) is 1. The maximum Gasteiger partial charge on any atom is 0.0719 e. The van der Waals surface area contributed by atoms with Crippen molar-refractivity contribution in [2.45, 2.75) is 6.42 Å². The van der Waals surface area contributed by atoms with E-state index in [2.05, 4.69) is 27.4 Å². The minimum atomic E-state index is 0.559. The molecule has 3 nitrogen and oxygen atoms in total. The van der Waals surface area contributed by atoms with Crippen LogP contribution >= 0.6 is 11.5 Å². The van der Waals surface area contributed by atoms with Crippen molar-refractivity contribution in [2.24, 2.45) is 5.90 Å². The highest BCUT2D eigenvalue weighted by molar-refractivity contribution is 7.13. The molecule has 1 heterocycles. The van der Waals surface area contributed by atoms with Gasteiger partial charge in [-0.05, 0) is 35.6 Å². The van der Waals surface area contributed by atoms with Crippen LogP contribution in [0.15, 0.2) is 24.4 Å². The fourth-order valence-electron chi connectivity index (χ4n) is 1.25. The zero-order valence-corrected chi connectivity index (χ0v) is 7.88. The Labute approximate surface area is 80.3 Å². The van der Waals surface area contributed by atoms with Crippen LogP contribution in [-0.4, -0.2) is 11.0 Å². The van der Waals surface area contributed by atoms with E-state index in [1.54, 1.807) is 0 Å². The van der Waals surface area contributed by atoms with Gasteiger partial charge in [0, 0.05) is 11.6 Å². The van der Waals surface area contributed by atoms with Crippen LogP contribution in [0.2, 0.25) is 0 Å². The summed E-state index contributed by atoms with van der Waals surface area (Å²) in [4.78, 5) is 4.53. The summed E-state index contributed by atoms with van der Waals surface area (Å²) in [5.41, 5.74) is 1.23. The van der Waals surface area contributed by atoms with Crippen molar-refractivity contribution in [1.82, 2.24) is 4.37 Å². The summed E-state index contributed by atoms with van der Waals surface area (Å²) in [6, 6.07) is 6.29. The summed E-state index contributed by atoms with van der Waals surface area (Å²) < 4.78 is 5.33. The van der Waals surface area contributed by atoms with Gasteiger partial charge in [-0.15, -0.1) is 0 Å². The van der Waals surface area contributed by atoms with Gasteiger partial charge in [-0.1, -0.05) is 6.07 Å². The van der Waals surface area contributed by atoms with Crippen molar-refractivity contribution < 1.29 is 4.84 Å². The third kappa shape index (κ3) is 1.85. The van der Waals surface area contributed by atoms with Gasteiger partial charge in [0.1, 0.15) is 0 Å². The van der Waals surface area contributed by atoms with E-state index in [4.69, 9.17) is 5.90 Å². The summed E-state index contributed by atoms with van der Waals surface area (Å²) >= 11 is 1.51. The normalized spacial score (nSPS) is 10.8. The Balaban J connectivity index is 2.26. The number of fused-ring (bicyclic) bond motifs is 1. The molecule has 0 unspecified atom stereocenters. The standard InChI is InChI=1S/C9H10N2OS/c10-12-4-3-7-1-2-9-8(5-7)6-11-13-9/h1-2,5-6H,3-4,10H2. The Morgan fingerprint density at radius 1 is 1.46 bits per heavy atom. The molecule has 2 aromatic rings. The van der Waals surface area contributed by atoms with Crippen LogP contribution in [-0.2, 0) is 11.3 Å². The molecule has 2 N–H and O–H groups in total. The number of rotatable bonds is 3. The van der Waals surface area contributed by atoms with E-state index < -0.39 is 0 Å². The second-order valence-electron chi connectivity index (χ2n) is 2.82. The molecule has 0 aliphatic rings. The lowest BCUT2D eigenvalue weighted by Crippen LogP contribution is -2.03. The minimum Gasteiger partial charge on any atom is -0.304 e. The summed E-state index contributed by atoms with van der Waals surface area (Å²) in [6.45, 7) is 0.559. The highest BCUT2D eigenvalue weighted by atomic mass is 32.1. The van der Waals surface area contributed by atoms with Gasteiger partial charge >= 0.3 is 0 Å². The molecule has 0 fully saturated rings. The molecule has 0 radical (unpaired) electrons. The molecular weight excluding hydrogens is 184 g/mol. The van der Waals surface area contributed by atoms with Crippen LogP contribution < -0.4 is 5.90 Å². The van der Waals surface area contributed by atoms with Gasteiger partial charge in [-0.25, -0.2) is 5.90 Å². The first-order chi connectivity index (χ1) is 6.40. The van der Waals surface area contributed by atoms with Crippen molar-refractivity contribution >= 4 is 21.6 Å². The van der Waals surface area contributed by atoms with Crippen LogP contribution in [0.25, 0.3) is 10.1 Å². The van der Waals surface area contributed by atoms with Gasteiger partial charge < -0.3 is 4.84 Å². The van der Waals surface area contributed by atoms with E-state index in [1.165, 1.54) is 27.2 Å². The lowest BCUT2D eigenvalue weighted by atomic mass is 10.1. The third-order valence-electron chi connectivity index (χ3n) is 1.93. The Kier molecular flexibility index (Phi) is 2.54. The smallest absolute Gasteiger partial charge is 0.0719 e. The predicted octanol–water partition coefficient (Wildman–Crippen LogP) is 1.73. The quantitative estimate of drug-likeness (QED) is 0.757. The molecule has 2 rings (SSSR count). The zero-order chi connectivity index (χ0) is 9.10. The fraction of sp³-hybridized carbons (Fsp3) is 0.222. The number of benzene rings is 1. The number of nitrogens with zero attached hydrogens (tertiary/aromatic N) is 1. The van der Waals surface area contributed by atoms with Crippen molar-refractivity contribution in [3.8, 4) is 0 Å². The molecule has 0 amide bonds. The zero-order valence-electron chi connectivity index (χ0n) is 7.06. The van der Waals surface area contributed by atoms with Crippen molar-refractivity contribution in [3.63, 3.8) is 0 Å². The van der Waals surface area contributed by atoms with E-state index in [0.717, 1.165) is 6.42 Å². The number of hydrogen-bond acceptors (Lipinski definition) is 4. The summed E-state index contributed by atoms with van der Waals surface area (Å²) in [5.74, 6) is 4.96. The summed E-state index contributed by atoms with van der Waals surface area (Å²) in [6.07, 6.45) is 2.73. The lowest BCUT2D eigenvalue weighted by Gasteiger charge is -1.98. The molecule has 4 heteroatoms. The van der Waals surface area contributed by atoms with E-state index in [9.17, 15) is 0 Å². The Morgan fingerprint density at radius 3 is 3.23 bits per heavy atom. The van der Waals surface area contributed by atoms with Crippen molar-refractivity contribution in [2.75, 3.05) is 6.61 Å². The third-order valence-corrected chi connectivity index (χ3v) is 2.70. The second kappa shape index (κ2) is 3.83. The van der Waals surface area contributed by atoms with E-state index in [-0.39, 0.29) is 0 Å². The van der Waals surface area contributed by atoms with Crippen LogP contribution in [0, 0.1) is 0 Å². The highest BCUT2D eigenvalue weighted by Gasteiger charge is 1.98. The SMILES string of the molecule is NOCCc1ccc2sncc2c1. The van der Waals surface area contributed by atoms with Crippen LogP contribution in [0.5, 0.6) is 0 Å². The van der Waals surface area contributed by atoms with Gasteiger partial charge in [-0.2, -0.15) is 4.37 Å². The molecule has 13 heavy (non-hydrogen) atoms. The average Bonchev–Trinajstić information content (AvgIpc) is 2.61. The lowest BCUT2D eigenvalue weighted by molar-refractivity contribution is 0.141. The van der Waals surface area contributed by atoms with Gasteiger partial charge in [-0.3, -0.25) is 0 Å². The number of aromatic nitrogens is 1. The molecular formula is C9H10N2OS. The van der Waals surface area contributed by atoms with Crippen LogP contribution in [0.1, 0.15) is 5.56 Å². The number of nitrogens with two attached hydrogens (primary N) is 1. The molecule has 68 valence electrons. The van der Waals surface area contributed by atoms with E-state index in [0.29, 0.717) is 6.61 Å². The fourth-order valence-corrected chi connectivity index (χ4v) is 1.88. The minimum absolute atomic E-state index is 0.559. The van der Waals surface area contributed by atoms with Crippen molar-refractivity contribution in [3.05, 3.63) is 30.0 Å². The molecule has 0 saturated carbocycles. The summed E-state index contributed by atoms with van der Waals surface area (Å²) in [5, 5.41) is 1.19. The largest absolute Gasteiger partial charge is 0.304 e. The van der Waals surface area contributed by atoms with Gasteiger partial charge in [0.2, 0.25) is 0 Å².